The Morgan fingerprint density at radius 1 is 1.47 bits per heavy atom. The summed E-state index contributed by atoms with van der Waals surface area (Å²) in [5.74, 6) is 1.60. The third-order valence-electron chi connectivity index (χ3n) is 3.53. The summed E-state index contributed by atoms with van der Waals surface area (Å²) in [7, 11) is 0. The van der Waals surface area contributed by atoms with Crippen molar-refractivity contribution in [2.75, 3.05) is 6.61 Å². The van der Waals surface area contributed by atoms with Gasteiger partial charge in [0.05, 0.1) is 6.61 Å². The van der Waals surface area contributed by atoms with Gasteiger partial charge in [0, 0.05) is 23.0 Å². The maximum Gasteiger partial charge on any atom is 0.127 e. The predicted molar refractivity (Wildman–Crippen MR) is 71.7 cm³/mol. The number of ether oxygens (including phenoxy) is 1. The lowest BCUT2D eigenvalue weighted by atomic mass is 9.93. The summed E-state index contributed by atoms with van der Waals surface area (Å²) in [4.78, 5) is 0. The number of hydrogen-bond donors (Lipinski definition) is 1. The van der Waals surface area contributed by atoms with Gasteiger partial charge in [-0.25, -0.2) is 0 Å². The Morgan fingerprint density at radius 3 is 2.94 bits per heavy atom. The van der Waals surface area contributed by atoms with Crippen LogP contribution in [0.15, 0.2) is 12.1 Å². The molecule has 1 aliphatic rings. The summed E-state index contributed by atoms with van der Waals surface area (Å²) in [5.41, 5.74) is 8.55. The molecule has 1 aromatic carbocycles. The van der Waals surface area contributed by atoms with Crippen molar-refractivity contribution >= 4 is 11.6 Å². The number of fused-ring (bicyclic) bond motifs is 1. The highest BCUT2D eigenvalue weighted by atomic mass is 35.5. The molecule has 1 aliphatic heterocycles. The van der Waals surface area contributed by atoms with Gasteiger partial charge in [0.15, 0.2) is 0 Å². The first kappa shape index (κ1) is 12.7. The van der Waals surface area contributed by atoms with E-state index in [1.165, 1.54) is 5.56 Å². The first-order chi connectivity index (χ1) is 8.11. The van der Waals surface area contributed by atoms with E-state index in [4.69, 9.17) is 22.1 Å². The predicted octanol–water partition coefficient (Wildman–Crippen LogP) is 3.71. The van der Waals surface area contributed by atoms with Crippen molar-refractivity contribution in [3.05, 3.63) is 28.3 Å². The molecule has 0 spiro atoms. The second kappa shape index (κ2) is 5.28. The van der Waals surface area contributed by atoms with Crippen LogP contribution in [0.5, 0.6) is 5.75 Å². The molecule has 94 valence electrons. The minimum atomic E-state index is 0.0236. The molecule has 3 heteroatoms. The van der Waals surface area contributed by atoms with Gasteiger partial charge in [-0.05, 0) is 30.0 Å². The van der Waals surface area contributed by atoms with Crippen LogP contribution in [-0.4, -0.2) is 6.61 Å². The van der Waals surface area contributed by atoms with Crippen LogP contribution in [0.3, 0.4) is 0 Å². The smallest absolute Gasteiger partial charge is 0.127 e. The van der Waals surface area contributed by atoms with Gasteiger partial charge in [-0.15, -0.1) is 0 Å². The van der Waals surface area contributed by atoms with E-state index < -0.39 is 0 Å². The average molecular weight is 254 g/mol. The summed E-state index contributed by atoms with van der Waals surface area (Å²) in [6, 6.07) is 3.97. The Balaban J connectivity index is 2.25. The fraction of sp³-hybridized carbons (Fsp3) is 0.571. The first-order valence-electron chi connectivity index (χ1n) is 6.32. The second-order valence-corrected chi connectivity index (χ2v) is 5.37. The molecule has 0 saturated carbocycles. The first-order valence-corrected chi connectivity index (χ1v) is 6.70. The van der Waals surface area contributed by atoms with Crippen LogP contribution in [0.4, 0.5) is 0 Å². The quantitative estimate of drug-likeness (QED) is 0.888. The van der Waals surface area contributed by atoms with E-state index in [1.807, 2.05) is 12.1 Å². The zero-order valence-corrected chi connectivity index (χ0v) is 11.3. The van der Waals surface area contributed by atoms with Gasteiger partial charge >= 0.3 is 0 Å². The SMILES string of the molecule is CCC(C)CC(N)c1cc(Cl)cc2c1OCC2. The van der Waals surface area contributed by atoms with Crippen LogP contribution in [-0.2, 0) is 6.42 Å². The Morgan fingerprint density at radius 2 is 2.24 bits per heavy atom. The average Bonchev–Trinajstić information content (AvgIpc) is 2.75. The minimum absolute atomic E-state index is 0.0236. The largest absolute Gasteiger partial charge is 0.493 e. The molecule has 0 radical (unpaired) electrons. The summed E-state index contributed by atoms with van der Waals surface area (Å²) in [6.45, 7) is 5.17. The number of hydrogen-bond acceptors (Lipinski definition) is 2. The third-order valence-corrected chi connectivity index (χ3v) is 3.75. The van der Waals surface area contributed by atoms with E-state index in [0.717, 1.165) is 42.2 Å². The van der Waals surface area contributed by atoms with Crippen LogP contribution in [0.1, 0.15) is 43.9 Å². The molecule has 0 bridgehead atoms. The lowest BCUT2D eigenvalue weighted by Crippen LogP contribution is -2.14. The summed E-state index contributed by atoms with van der Waals surface area (Å²) >= 11 is 6.13. The Bertz CT molecular complexity index is 405. The number of halogens is 1. The minimum Gasteiger partial charge on any atom is -0.493 e. The molecule has 0 aliphatic carbocycles. The fourth-order valence-corrected chi connectivity index (χ4v) is 2.55. The van der Waals surface area contributed by atoms with Crippen molar-refractivity contribution in [3.8, 4) is 5.75 Å². The van der Waals surface area contributed by atoms with Gasteiger partial charge in [0.2, 0.25) is 0 Å². The van der Waals surface area contributed by atoms with E-state index in [2.05, 4.69) is 13.8 Å². The molecule has 0 saturated heterocycles. The van der Waals surface area contributed by atoms with E-state index in [0.29, 0.717) is 5.92 Å². The zero-order chi connectivity index (χ0) is 12.4. The zero-order valence-electron chi connectivity index (χ0n) is 10.5. The van der Waals surface area contributed by atoms with E-state index in [1.54, 1.807) is 0 Å². The van der Waals surface area contributed by atoms with Crippen LogP contribution >= 0.6 is 11.6 Å². The third kappa shape index (κ3) is 2.75. The van der Waals surface area contributed by atoms with E-state index in [-0.39, 0.29) is 6.04 Å². The standard InChI is InChI=1S/C14H20ClNO/c1-3-9(2)6-13(16)12-8-11(15)7-10-4-5-17-14(10)12/h7-9,13H,3-6,16H2,1-2H3. The molecule has 17 heavy (non-hydrogen) atoms. The fourth-order valence-electron chi connectivity index (χ4n) is 2.30. The second-order valence-electron chi connectivity index (χ2n) is 4.94. The van der Waals surface area contributed by atoms with Crippen molar-refractivity contribution in [2.24, 2.45) is 11.7 Å². The van der Waals surface area contributed by atoms with E-state index >= 15 is 0 Å². The highest BCUT2D eigenvalue weighted by Gasteiger charge is 2.22. The summed E-state index contributed by atoms with van der Waals surface area (Å²) < 4.78 is 5.68. The molecular formula is C14H20ClNO. The lowest BCUT2D eigenvalue weighted by Gasteiger charge is -2.19. The molecule has 0 fully saturated rings. The monoisotopic (exact) mass is 253 g/mol. The number of rotatable bonds is 4. The Kier molecular flexibility index (Phi) is 3.95. The van der Waals surface area contributed by atoms with Crippen molar-refractivity contribution in [2.45, 2.75) is 39.2 Å². The molecular weight excluding hydrogens is 234 g/mol. The summed E-state index contributed by atoms with van der Waals surface area (Å²) in [6.07, 6.45) is 3.07. The molecule has 2 rings (SSSR count). The van der Waals surface area contributed by atoms with Crippen molar-refractivity contribution in [3.63, 3.8) is 0 Å². The molecule has 0 aromatic heterocycles. The highest BCUT2D eigenvalue weighted by Crippen LogP contribution is 2.37. The molecule has 2 atom stereocenters. The van der Waals surface area contributed by atoms with E-state index in [9.17, 15) is 0 Å². The van der Waals surface area contributed by atoms with Crippen LogP contribution in [0.25, 0.3) is 0 Å². The molecule has 2 unspecified atom stereocenters. The lowest BCUT2D eigenvalue weighted by molar-refractivity contribution is 0.347. The molecule has 0 amide bonds. The van der Waals surface area contributed by atoms with Crippen LogP contribution in [0, 0.1) is 5.92 Å². The molecule has 2 nitrogen and oxygen atoms in total. The maximum atomic E-state index is 6.27. The Hall–Kier alpha value is -0.730. The maximum absolute atomic E-state index is 6.27. The van der Waals surface area contributed by atoms with Crippen molar-refractivity contribution in [1.82, 2.24) is 0 Å². The van der Waals surface area contributed by atoms with Gasteiger partial charge in [0.1, 0.15) is 5.75 Å². The molecule has 1 aromatic rings. The van der Waals surface area contributed by atoms with Crippen molar-refractivity contribution in [1.29, 1.82) is 0 Å². The van der Waals surface area contributed by atoms with Crippen molar-refractivity contribution < 1.29 is 4.74 Å². The summed E-state index contributed by atoms with van der Waals surface area (Å²) in [5, 5.41) is 0.767. The highest BCUT2D eigenvalue weighted by molar-refractivity contribution is 6.30. The van der Waals surface area contributed by atoms with Gasteiger partial charge in [-0.3, -0.25) is 0 Å². The van der Waals surface area contributed by atoms with Gasteiger partial charge in [-0.1, -0.05) is 31.9 Å². The van der Waals surface area contributed by atoms with Crippen LogP contribution in [0.2, 0.25) is 5.02 Å². The molecule has 1 heterocycles. The normalized spacial score (nSPS) is 17.4. The van der Waals surface area contributed by atoms with Gasteiger partial charge in [0.25, 0.3) is 0 Å². The molecule has 2 N–H and O–H groups in total. The number of benzene rings is 1. The number of nitrogens with two attached hydrogens (primary N) is 1. The van der Waals surface area contributed by atoms with Gasteiger partial charge in [-0.2, -0.15) is 0 Å². The van der Waals surface area contributed by atoms with Gasteiger partial charge < -0.3 is 10.5 Å². The van der Waals surface area contributed by atoms with Crippen LogP contribution < -0.4 is 10.5 Å². The topological polar surface area (TPSA) is 35.2 Å². The Labute approximate surface area is 108 Å².